The van der Waals surface area contributed by atoms with Crippen LogP contribution in [0.3, 0.4) is 0 Å². The second kappa shape index (κ2) is 3.69. The second-order valence-electron chi connectivity index (χ2n) is 2.74. The number of rotatable bonds is 3. The third-order valence-corrected chi connectivity index (χ3v) is 1.53. The SMILES string of the molecule is O=C(O)Cc1[nH]ncc1CC(F)(F)F. The number of carboxylic acid groups (broad SMARTS) is 1. The predicted molar refractivity (Wildman–Crippen MR) is 39.7 cm³/mol. The van der Waals surface area contributed by atoms with Crippen LogP contribution in [0.1, 0.15) is 11.3 Å². The summed E-state index contributed by atoms with van der Waals surface area (Å²) >= 11 is 0. The van der Waals surface area contributed by atoms with Crippen LogP contribution in [0.15, 0.2) is 6.20 Å². The Bertz CT molecular complexity index is 332. The van der Waals surface area contributed by atoms with Crippen LogP contribution in [0.5, 0.6) is 0 Å². The van der Waals surface area contributed by atoms with Crippen LogP contribution in [-0.2, 0) is 17.6 Å². The van der Waals surface area contributed by atoms with E-state index < -0.39 is 25.0 Å². The standard InChI is InChI=1S/C7H7F3N2O2/c8-7(9,10)2-4-3-11-12-5(4)1-6(13)14/h3H,1-2H2,(H,11,12)(H,13,14). The molecule has 14 heavy (non-hydrogen) atoms. The van der Waals surface area contributed by atoms with Crippen LogP contribution in [0.25, 0.3) is 0 Å². The van der Waals surface area contributed by atoms with E-state index in [1.165, 1.54) is 0 Å². The van der Waals surface area contributed by atoms with Crippen LogP contribution in [0.4, 0.5) is 13.2 Å². The number of hydrogen-bond acceptors (Lipinski definition) is 2. The molecule has 2 N–H and O–H groups in total. The Labute approximate surface area is 76.7 Å². The third kappa shape index (κ3) is 3.08. The van der Waals surface area contributed by atoms with E-state index in [4.69, 9.17) is 5.11 Å². The second-order valence-corrected chi connectivity index (χ2v) is 2.74. The Morgan fingerprint density at radius 2 is 2.21 bits per heavy atom. The molecule has 0 atom stereocenters. The molecule has 0 aromatic carbocycles. The van der Waals surface area contributed by atoms with Crippen molar-refractivity contribution in [3.63, 3.8) is 0 Å². The van der Waals surface area contributed by atoms with Crippen molar-refractivity contribution in [2.45, 2.75) is 19.0 Å². The smallest absolute Gasteiger partial charge is 0.393 e. The molecular formula is C7H7F3N2O2. The van der Waals surface area contributed by atoms with E-state index in [1.54, 1.807) is 0 Å². The number of carbonyl (C=O) groups is 1. The van der Waals surface area contributed by atoms with Gasteiger partial charge in [-0.2, -0.15) is 18.3 Å². The van der Waals surface area contributed by atoms with Crippen molar-refractivity contribution < 1.29 is 23.1 Å². The van der Waals surface area contributed by atoms with E-state index in [2.05, 4.69) is 10.2 Å². The highest BCUT2D eigenvalue weighted by Gasteiger charge is 2.29. The fourth-order valence-corrected chi connectivity index (χ4v) is 1.01. The first kappa shape index (κ1) is 10.6. The molecule has 0 saturated heterocycles. The van der Waals surface area contributed by atoms with Crippen molar-refractivity contribution in [1.82, 2.24) is 10.2 Å². The zero-order valence-electron chi connectivity index (χ0n) is 6.93. The fraction of sp³-hybridized carbons (Fsp3) is 0.429. The van der Waals surface area contributed by atoms with Gasteiger partial charge in [-0.05, 0) is 0 Å². The summed E-state index contributed by atoms with van der Waals surface area (Å²) in [4.78, 5) is 10.3. The average Bonchev–Trinajstić information content (AvgIpc) is 2.32. The number of halogens is 3. The number of nitrogens with one attached hydrogen (secondary N) is 1. The van der Waals surface area contributed by atoms with Gasteiger partial charge in [-0.1, -0.05) is 0 Å². The molecule has 0 saturated carbocycles. The zero-order valence-corrected chi connectivity index (χ0v) is 6.93. The minimum Gasteiger partial charge on any atom is -0.481 e. The Morgan fingerprint density at radius 3 is 2.71 bits per heavy atom. The summed E-state index contributed by atoms with van der Waals surface area (Å²) in [6, 6.07) is 0. The summed E-state index contributed by atoms with van der Waals surface area (Å²) in [6.45, 7) is 0. The van der Waals surface area contributed by atoms with E-state index in [1.807, 2.05) is 0 Å². The van der Waals surface area contributed by atoms with E-state index in [-0.39, 0.29) is 11.3 Å². The molecule has 0 aliphatic rings. The molecule has 0 aliphatic carbocycles. The summed E-state index contributed by atoms with van der Waals surface area (Å²) in [5.41, 5.74) is -0.130. The maximum absolute atomic E-state index is 11.9. The van der Waals surface area contributed by atoms with E-state index in [0.717, 1.165) is 6.20 Å². The summed E-state index contributed by atoms with van der Waals surface area (Å²) in [5.74, 6) is -1.20. The molecule has 0 aliphatic heterocycles. The summed E-state index contributed by atoms with van der Waals surface area (Å²) in [6.07, 6.45) is -5.00. The van der Waals surface area contributed by atoms with Crippen molar-refractivity contribution in [2.24, 2.45) is 0 Å². The molecule has 1 rings (SSSR count). The lowest BCUT2D eigenvalue weighted by Crippen LogP contribution is -2.13. The van der Waals surface area contributed by atoms with Crippen molar-refractivity contribution in [3.8, 4) is 0 Å². The van der Waals surface area contributed by atoms with E-state index in [0.29, 0.717) is 0 Å². The van der Waals surface area contributed by atoms with Gasteiger partial charge in [0.25, 0.3) is 0 Å². The molecule has 4 nitrogen and oxygen atoms in total. The lowest BCUT2D eigenvalue weighted by atomic mass is 10.1. The number of hydrogen-bond donors (Lipinski definition) is 2. The Balaban J connectivity index is 2.77. The Hall–Kier alpha value is -1.53. The quantitative estimate of drug-likeness (QED) is 0.782. The van der Waals surface area contributed by atoms with Crippen molar-refractivity contribution in [3.05, 3.63) is 17.5 Å². The van der Waals surface area contributed by atoms with Gasteiger partial charge in [-0.25, -0.2) is 0 Å². The maximum Gasteiger partial charge on any atom is 0.393 e. The number of nitrogens with zero attached hydrogens (tertiary/aromatic N) is 1. The summed E-state index contributed by atoms with van der Waals surface area (Å²) in [5, 5.41) is 14.0. The van der Waals surface area contributed by atoms with Gasteiger partial charge in [0.1, 0.15) is 0 Å². The highest BCUT2D eigenvalue weighted by atomic mass is 19.4. The van der Waals surface area contributed by atoms with Gasteiger partial charge >= 0.3 is 12.1 Å². The van der Waals surface area contributed by atoms with Crippen molar-refractivity contribution >= 4 is 5.97 Å². The van der Waals surface area contributed by atoms with Crippen molar-refractivity contribution in [2.75, 3.05) is 0 Å². The molecule has 1 aromatic rings. The Kier molecular flexibility index (Phi) is 2.78. The fourth-order valence-electron chi connectivity index (χ4n) is 1.01. The summed E-state index contributed by atoms with van der Waals surface area (Å²) < 4.78 is 35.8. The molecule has 7 heteroatoms. The number of H-pyrrole nitrogens is 1. The number of alkyl halides is 3. The van der Waals surface area contributed by atoms with Crippen molar-refractivity contribution in [1.29, 1.82) is 0 Å². The van der Waals surface area contributed by atoms with Crippen LogP contribution in [0, 0.1) is 0 Å². The largest absolute Gasteiger partial charge is 0.481 e. The highest BCUT2D eigenvalue weighted by Crippen LogP contribution is 2.22. The minimum absolute atomic E-state index is 0.00479. The highest BCUT2D eigenvalue weighted by molar-refractivity contribution is 5.69. The molecule has 0 unspecified atom stereocenters. The molecule has 1 aromatic heterocycles. The molecule has 0 radical (unpaired) electrons. The lowest BCUT2D eigenvalue weighted by Gasteiger charge is -2.04. The third-order valence-electron chi connectivity index (χ3n) is 1.53. The van der Waals surface area contributed by atoms with Gasteiger partial charge in [-0.3, -0.25) is 9.89 Å². The van der Waals surface area contributed by atoms with Crippen LogP contribution < -0.4 is 0 Å². The predicted octanol–water partition coefficient (Wildman–Crippen LogP) is 1.14. The minimum atomic E-state index is -4.35. The van der Waals surface area contributed by atoms with E-state index in [9.17, 15) is 18.0 Å². The van der Waals surface area contributed by atoms with Gasteiger partial charge < -0.3 is 5.11 Å². The monoisotopic (exact) mass is 208 g/mol. The van der Waals surface area contributed by atoms with Gasteiger partial charge in [0, 0.05) is 11.3 Å². The molecular weight excluding hydrogens is 201 g/mol. The van der Waals surface area contributed by atoms with Gasteiger partial charge in [0.15, 0.2) is 0 Å². The average molecular weight is 208 g/mol. The maximum atomic E-state index is 11.9. The van der Waals surface area contributed by atoms with Crippen LogP contribution in [0.2, 0.25) is 0 Å². The Morgan fingerprint density at radius 1 is 1.57 bits per heavy atom. The van der Waals surface area contributed by atoms with E-state index >= 15 is 0 Å². The first-order valence-electron chi connectivity index (χ1n) is 3.68. The lowest BCUT2D eigenvalue weighted by molar-refractivity contribution is -0.136. The number of aliphatic carboxylic acids is 1. The molecule has 1 heterocycles. The number of aromatic nitrogens is 2. The summed E-state index contributed by atoms with van der Waals surface area (Å²) in [7, 11) is 0. The van der Waals surface area contributed by atoms with Gasteiger partial charge in [0.2, 0.25) is 0 Å². The van der Waals surface area contributed by atoms with Crippen LogP contribution in [-0.4, -0.2) is 27.4 Å². The molecule has 0 fully saturated rings. The molecule has 0 bridgehead atoms. The van der Waals surface area contributed by atoms with Gasteiger partial charge in [0.05, 0.1) is 19.0 Å². The normalized spacial score (nSPS) is 11.6. The first-order chi connectivity index (χ1) is 6.38. The topological polar surface area (TPSA) is 66.0 Å². The molecule has 0 amide bonds. The zero-order chi connectivity index (χ0) is 10.8. The number of aromatic amines is 1. The first-order valence-corrected chi connectivity index (χ1v) is 3.68. The molecule has 0 spiro atoms. The number of carboxylic acids is 1. The van der Waals surface area contributed by atoms with Gasteiger partial charge in [-0.15, -0.1) is 0 Å². The molecule has 78 valence electrons. The van der Waals surface area contributed by atoms with Crippen LogP contribution >= 0.6 is 0 Å².